The minimum atomic E-state index is -4.42. The maximum atomic E-state index is 13.5. The number of pyridine rings is 3. The molecule has 1 amide bonds. The van der Waals surface area contributed by atoms with E-state index in [1.54, 1.807) is 23.4 Å². The Morgan fingerprint density at radius 2 is 1.71 bits per heavy atom. The number of nitrogens with zero attached hydrogens (tertiary/aromatic N) is 5. The van der Waals surface area contributed by atoms with Gasteiger partial charge in [-0.15, -0.1) is 0 Å². The maximum Gasteiger partial charge on any atom is 0.417 e. The Morgan fingerprint density at radius 1 is 0.912 bits per heavy atom. The molecule has 1 saturated heterocycles. The van der Waals surface area contributed by atoms with Crippen molar-refractivity contribution in [2.24, 2.45) is 0 Å². The highest BCUT2D eigenvalue weighted by atomic mass is 19.4. The van der Waals surface area contributed by atoms with Crippen LogP contribution in [0.1, 0.15) is 15.9 Å². The van der Waals surface area contributed by atoms with Gasteiger partial charge in [0.15, 0.2) is 0 Å². The molecule has 1 aliphatic heterocycles. The molecule has 9 heteroatoms. The summed E-state index contributed by atoms with van der Waals surface area (Å²) in [5.41, 5.74) is 1.99. The molecule has 0 unspecified atom stereocenters. The van der Waals surface area contributed by atoms with Crippen molar-refractivity contribution in [2.45, 2.75) is 6.18 Å². The van der Waals surface area contributed by atoms with Gasteiger partial charge in [0.2, 0.25) is 0 Å². The molecule has 0 spiro atoms. The van der Waals surface area contributed by atoms with Crippen LogP contribution < -0.4 is 4.90 Å². The van der Waals surface area contributed by atoms with Crippen LogP contribution in [0, 0.1) is 0 Å². The van der Waals surface area contributed by atoms with Crippen molar-refractivity contribution >= 4 is 22.6 Å². The second-order valence-corrected chi connectivity index (χ2v) is 8.00. The van der Waals surface area contributed by atoms with E-state index >= 15 is 0 Å². The van der Waals surface area contributed by atoms with Gasteiger partial charge in [0.1, 0.15) is 5.82 Å². The van der Waals surface area contributed by atoms with E-state index in [4.69, 9.17) is 4.98 Å². The first-order valence-corrected chi connectivity index (χ1v) is 10.8. The maximum absolute atomic E-state index is 13.5. The molecule has 0 radical (unpaired) electrons. The second kappa shape index (κ2) is 8.74. The van der Waals surface area contributed by atoms with Crippen LogP contribution in [0.25, 0.3) is 22.2 Å². The zero-order chi connectivity index (χ0) is 23.7. The molecular formula is C25H20F3N5O. The Balaban J connectivity index is 1.37. The number of fused-ring (bicyclic) bond motifs is 1. The Kier molecular flexibility index (Phi) is 5.61. The molecule has 0 bridgehead atoms. The summed E-state index contributed by atoms with van der Waals surface area (Å²) in [5.74, 6) is 0.358. The van der Waals surface area contributed by atoms with E-state index in [2.05, 4.69) is 9.97 Å². The molecule has 172 valence electrons. The number of carbonyl (C=O) groups excluding carboxylic acids is 1. The van der Waals surface area contributed by atoms with Crippen LogP contribution in [-0.4, -0.2) is 51.9 Å². The smallest absolute Gasteiger partial charge is 0.353 e. The number of anilines is 1. The van der Waals surface area contributed by atoms with Gasteiger partial charge >= 0.3 is 6.18 Å². The molecule has 6 nitrogen and oxygen atoms in total. The molecule has 1 aliphatic rings. The van der Waals surface area contributed by atoms with Gasteiger partial charge in [0, 0.05) is 55.7 Å². The minimum absolute atomic E-state index is 0.108. The minimum Gasteiger partial charge on any atom is -0.353 e. The molecule has 0 aliphatic carbocycles. The van der Waals surface area contributed by atoms with E-state index in [1.165, 1.54) is 6.07 Å². The first-order valence-electron chi connectivity index (χ1n) is 10.8. The molecule has 3 aromatic heterocycles. The van der Waals surface area contributed by atoms with Crippen molar-refractivity contribution < 1.29 is 18.0 Å². The van der Waals surface area contributed by atoms with E-state index in [9.17, 15) is 18.0 Å². The van der Waals surface area contributed by atoms with Crippen molar-refractivity contribution in [1.29, 1.82) is 0 Å². The third-order valence-corrected chi connectivity index (χ3v) is 5.87. The average Bonchev–Trinajstić information content (AvgIpc) is 2.88. The van der Waals surface area contributed by atoms with Gasteiger partial charge in [0.05, 0.1) is 22.3 Å². The summed E-state index contributed by atoms with van der Waals surface area (Å²) in [6.45, 7) is 1.81. The fraction of sp³-hybridized carbons (Fsp3) is 0.200. The van der Waals surface area contributed by atoms with Crippen LogP contribution in [-0.2, 0) is 6.18 Å². The molecule has 5 rings (SSSR count). The lowest BCUT2D eigenvalue weighted by Gasteiger charge is -2.35. The number of para-hydroxylation sites is 1. The number of benzene rings is 1. The van der Waals surface area contributed by atoms with Crippen molar-refractivity contribution in [3.8, 4) is 11.3 Å². The van der Waals surface area contributed by atoms with Crippen molar-refractivity contribution in [2.75, 3.05) is 31.1 Å². The van der Waals surface area contributed by atoms with Gasteiger partial charge in [-0.25, -0.2) is 9.97 Å². The SMILES string of the molecule is O=C(c1cc(-c2cccnc2)nc2ccccc12)N1CCN(c2ccc(C(F)(F)F)cn2)CC1. The van der Waals surface area contributed by atoms with Crippen LogP contribution >= 0.6 is 0 Å². The summed E-state index contributed by atoms with van der Waals surface area (Å²) in [6.07, 6.45) is -0.183. The van der Waals surface area contributed by atoms with Crippen LogP contribution in [0.15, 0.2) is 73.2 Å². The van der Waals surface area contributed by atoms with Crippen LogP contribution in [0.3, 0.4) is 0 Å². The molecule has 0 atom stereocenters. The predicted octanol–water partition coefficient (Wildman–Crippen LogP) is 4.67. The number of amides is 1. The second-order valence-electron chi connectivity index (χ2n) is 8.00. The quantitative estimate of drug-likeness (QED) is 0.442. The predicted molar refractivity (Wildman–Crippen MR) is 122 cm³/mol. The van der Waals surface area contributed by atoms with Crippen molar-refractivity contribution in [3.63, 3.8) is 0 Å². The molecule has 4 aromatic rings. The van der Waals surface area contributed by atoms with E-state index in [0.29, 0.717) is 43.3 Å². The number of piperazine rings is 1. The molecule has 4 heterocycles. The number of carbonyl (C=O) groups is 1. The number of halogens is 3. The zero-order valence-electron chi connectivity index (χ0n) is 18.0. The summed E-state index contributed by atoms with van der Waals surface area (Å²) >= 11 is 0. The zero-order valence-corrected chi connectivity index (χ0v) is 18.0. The fourth-order valence-corrected chi connectivity index (χ4v) is 4.06. The Labute approximate surface area is 193 Å². The molecule has 1 fully saturated rings. The van der Waals surface area contributed by atoms with Crippen LogP contribution in [0.4, 0.5) is 19.0 Å². The summed E-state index contributed by atoms with van der Waals surface area (Å²) < 4.78 is 38.4. The summed E-state index contributed by atoms with van der Waals surface area (Å²) in [4.78, 5) is 30.0. The van der Waals surface area contributed by atoms with E-state index < -0.39 is 11.7 Å². The largest absolute Gasteiger partial charge is 0.417 e. The normalized spacial score (nSPS) is 14.4. The lowest BCUT2D eigenvalue weighted by Crippen LogP contribution is -2.49. The van der Waals surface area contributed by atoms with Crippen LogP contribution in [0.5, 0.6) is 0 Å². The van der Waals surface area contributed by atoms with Gasteiger partial charge in [-0.3, -0.25) is 9.78 Å². The Bertz CT molecular complexity index is 1320. The Morgan fingerprint density at radius 3 is 2.38 bits per heavy atom. The van der Waals surface area contributed by atoms with Crippen molar-refractivity contribution in [1.82, 2.24) is 19.9 Å². The fourth-order valence-electron chi connectivity index (χ4n) is 4.06. The van der Waals surface area contributed by atoms with Gasteiger partial charge in [0.25, 0.3) is 5.91 Å². The molecule has 1 aromatic carbocycles. The van der Waals surface area contributed by atoms with Gasteiger partial charge in [-0.2, -0.15) is 13.2 Å². The molecular weight excluding hydrogens is 443 g/mol. The third-order valence-electron chi connectivity index (χ3n) is 5.87. The monoisotopic (exact) mass is 463 g/mol. The summed E-state index contributed by atoms with van der Waals surface area (Å²) in [6, 6.07) is 15.4. The highest BCUT2D eigenvalue weighted by Gasteiger charge is 2.31. The van der Waals surface area contributed by atoms with Gasteiger partial charge in [-0.05, 0) is 36.4 Å². The van der Waals surface area contributed by atoms with Crippen LogP contribution in [0.2, 0.25) is 0 Å². The molecule has 0 saturated carbocycles. The number of hydrogen-bond acceptors (Lipinski definition) is 5. The average molecular weight is 463 g/mol. The summed E-state index contributed by atoms with van der Waals surface area (Å²) in [5, 5.41) is 0.770. The van der Waals surface area contributed by atoms with Gasteiger partial charge < -0.3 is 9.80 Å². The first-order chi connectivity index (χ1) is 16.4. The number of alkyl halides is 3. The standard InChI is InChI=1S/C25H20F3N5O/c26-25(27,28)18-7-8-23(30-16-18)32-10-12-33(13-11-32)24(34)20-14-22(17-4-3-9-29-15-17)31-21-6-2-1-5-19(20)21/h1-9,14-16H,10-13H2. The van der Waals surface area contributed by atoms with E-state index in [-0.39, 0.29) is 5.91 Å². The van der Waals surface area contributed by atoms with Gasteiger partial charge in [-0.1, -0.05) is 18.2 Å². The number of aromatic nitrogens is 3. The summed E-state index contributed by atoms with van der Waals surface area (Å²) in [7, 11) is 0. The third kappa shape index (κ3) is 4.28. The van der Waals surface area contributed by atoms with E-state index in [0.717, 1.165) is 28.7 Å². The highest BCUT2D eigenvalue weighted by molar-refractivity contribution is 6.07. The topological polar surface area (TPSA) is 62.2 Å². The Hall–Kier alpha value is -4.01. The molecule has 0 N–H and O–H groups in total. The number of hydrogen-bond donors (Lipinski definition) is 0. The highest BCUT2D eigenvalue weighted by Crippen LogP contribution is 2.30. The molecule has 34 heavy (non-hydrogen) atoms. The number of rotatable bonds is 3. The lowest BCUT2D eigenvalue weighted by molar-refractivity contribution is -0.137. The first kappa shape index (κ1) is 21.8. The lowest BCUT2D eigenvalue weighted by atomic mass is 10.0. The van der Waals surface area contributed by atoms with E-state index in [1.807, 2.05) is 41.3 Å². The van der Waals surface area contributed by atoms with Crippen molar-refractivity contribution in [3.05, 3.63) is 84.3 Å².